The highest BCUT2D eigenvalue weighted by atomic mass is 16.6. The Morgan fingerprint density at radius 3 is 2.59 bits per heavy atom. The second-order valence-corrected chi connectivity index (χ2v) is 6.79. The number of benzene rings is 2. The fourth-order valence-corrected chi connectivity index (χ4v) is 3.04. The molecule has 0 aliphatic carbocycles. The minimum atomic E-state index is -0.888. The molecule has 0 bridgehead atoms. The molecule has 1 atom stereocenters. The molecular formula is C23H22N4O5. The lowest BCUT2D eigenvalue weighted by Crippen LogP contribution is -2.50. The molecule has 0 saturated carbocycles. The number of para-hydroxylation sites is 2. The van der Waals surface area contributed by atoms with Crippen LogP contribution in [0.4, 0.5) is 11.5 Å². The monoisotopic (exact) mass is 434 g/mol. The SMILES string of the molecule is CCOc1ccc(Nc2ncccc2C(=O)NNC(=O)[C@@H]2COc3ccccc3O2)cc1. The number of rotatable bonds is 6. The van der Waals surface area contributed by atoms with Gasteiger partial charge in [0.2, 0.25) is 6.10 Å². The Balaban J connectivity index is 1.37. The van der Waals surface area contributed by atoms with Gasteiger partial charge in [0.05, 0.1) is 12.2 Å². The summed E-state index contributed by atoms with van der Waals surface area (Å²) in [6.45, 7) is 2.53. The van der Waals surface area contributed by atoms with Gasteiger partial charge >= 0.3 is 0 Å². The maximum absolute atomic E-state index is 12.7. The molecule has 0 saturated heterocycles. The largest absolute Gasteiger partial charge is 0.494 e. The number of aromatic nitrogens is 1. The molecule has 32 heavy (non-hydrogen) atoms. The van der Waals surface area contributed by atoms with E-state index >= 15 is 0 Å². The van der Waals surface area contributed by atoms with Crippen LogP contribution in [0.1, 0.15) is 17.3 Å². The Hall–Kier alpha value is -4.27. The molecule has 9 nitrogen and oxygen atoms in total. The van der Waals surface area contributed by atoms with Crippen LogP contribution in [0.3, 0.4) is 0 Å². The van der Waals surface area contributed by atoms with Gasteiger partial charge in [-0.2, -0.15) is 0 Å². The number of nitrogens with one attached hydrogen (secondary N) is 3. The maximum Gasteiger partial charge on any atom is 0.283 e. The third-order valence-electron chi connectivity index (χ3n) is 4.58. The summed E-state index contributed by atoms with van der Waals surface area (Å²) in [5.41, 5.74) is 5.77. The summed E-state index contributed by atoms with van der Waals surface area (Å²) in [4.78, 5) is 29.3. The number of ether oxygens (including phenoxy) is 3. The van der Waals surface area contributed by atoms with Gasteiger partial charge in [0.15, 0.2) is 11.5 Å². The van der Waals surface area contributed by atoms with Gasteiger partial charge in [-0.05, 0) is 55.5 Å². The Morgan fingerprint density at radius 1 is 1.03 bits per heavy atom. The van der Waals surface area contributed by atoms with E-state index in [0.29, 0.717) is 23.9 Å². The van der Waals surface area contributed by atoms with E-state index in [9.17, 15) is 9.59 Å². The summed E-state index contributed by atoms with van der Waals surface area (Å²) in [5.74, 6) is 1.07. The number of hydrogen-bond acceptors (Lipinski definition) is 7. The van der Waals surface area contributed by atoms with Crippen molar-refractivity contribution in [3.05, 3.63) is 72.4 Å². The van der Waals surface area contributed by atoms with Gasteiger partial charge in [0.25, 0.3) is 11.8 Å². The van der Waals surface area contributed by atoms with Gasteiger partial charge in [-0.15, -0.1) is 0 Å². The summed E-state index contributed by atoms with van der Waals surface area (Å²) in [7, 11) is 0. The second-order valence-electron chi connectivity index (χ2n) is 6.79. The summed E-state index contributed by atoms with van der Waals surface area (Å²) >= 11 is 0. The molecular weight excluding hydrogens is 412 g/mol. The highest BCUT2D eigenvalue weighted by Crippen LogP contribution is 2.30. The standard InChI is InChI=1S/C23H22N4O5/c1-2-30-16-11-9-15(10-12-16)25-21-17(6-5-13-24-21)22(28)26-27-23(29)20-14-31-18-7-3-4-8-19(18)32-20/h3-13,20H,2,14H2,1H3,(H,24,25)(H,26,28)(H,27,29)/t20-/m0/s1. The predicted molar refractivity (Wildman–Crippen MR) is 117 cm³/mol. The van der Waals surface area contributed by atoms with Crippen LogP contribution in [-0.2, 0) is 4.79 Å². The molecule has 1 aromatic heterocycles. The van der Waals surface area contributed by atoms with Crippen LogP contribution in [0.25, 0.3) is 0 Å². The Kier molecular flexibility index (Phi) is 6.35. The Bertz CT molecular complexity index is 1100. The first-order valence-corrected chi connectivity index (χ1v) is 10.1. The molecule has 9 heteroatoms. The number of fused-ring (bicyclic) bond motifs is 1. The molecule has 2 aromatic carbocycles. The van der Waals surface area contributed by atoms with E-state index in [4.69, 9.17) is 14.2 Å². The van der Waals surface area contributed by atoms with Gasteiger partial charge in [-0.3, -0.25) is 20.4 Å². The maximum atomic E-state index is 12.7. The summed E-state index contributed by atoms with van der Waals surface area (Å²) in [5, 5.41) is 3.10. The first-order valence-electron chi connectivity index (χ1n) is 10.1. The zero-order valence-electron chi connectivity index (χ0n) is 17.3. The number of carbonyl (C=O) groups excluding carboxylic acids is 2. The highest BCUT2D eigenvalue weighted by molar-refractivity contribution is 6.00. The molecule has 164 valence electrons. The Morgan fingerprint density at radius 2 is 1.81 bits per heavy atom. The third-order valence-corrected chi connectivity index (χ3v) is 4.58. The molecule has 0 fully saturated rings. The first-order chi connectivity index (χ1) is 15.6. The van der Waals surface area contributed by atoms with Crippen LogP contribution in [-0.4, -0.2) is 36.1 Å². The van der Waals surface area contributed by atoms with Crippen LogP contribution < -0.4 is 30.4 Å². The van der Waals surface area contributed by atoms with Gasteiger partial charge in [0, 0.05) is 11.9 Å². The summed E-state index contributed by atoms with van der Waals surface area (Å²) in [6, 6.07) is 17.6. The average molecular weight is 434 g/mol. The van der Waals surface area contributed by atoms with Crippen molar-refractivity contribution >= 4 is 23.3 Å². The minimum Gasteiger partial charge on any atom is -0.494 e. The van der Waals surface area contributed by atoms with Crippen LogP contribution in [0, 0.1) is 0 Å². The predicted octanol–water partition coefficient (Wildman–Crippen LogP) is 2.82. The Labute approximate surface area is 184 Å². The number of hydrazine groups is 1. The van der Waals surface area contributed by atoms with Crippen LogP contribution in [0.5, 0.6) is 17.2 Å². The molecule has 1 aliphatic rings. The lowest BCUT2D eigenvalue weighted by Gasteiger charge is -2.25. The summed E-state index contributed by atoms with van der Waals surface area (Å²) in [6.07, 6.45) is 0.678. The van der Waals surface area contributed by atoms with E-state index < -0.39 is 17.9 Å². The summed E-state index contributed by atoms with van der Waals surface area (Å²) < 4.78 is 16.6. The topological polar surface area (TPSA) is 111 Å². The number of nitrogens with zero attached hydrogens (tertiary/aromatic N) is 1. The molecule has 2 heterocycles. The number of pyridine rings is 1. The van der Waals surface area contributed by atoms with Crippen LogP contribution in [0.15, 0.2) is 66.9 Å². The van der Waals surface area contributed by atoms with Gasteiger partial charge in [-0.25, -0.2) is 4.98 Å². The minimum absolute atomic E-state index is 0.0379. The van der Waals surface area contributed by atoms with Crippen molar-refractivity contribution in [1.29, 1.82) is 0 Å². The van der Waals surface area contributed by atoms with E-state index in [1.54, 1.807) is 36.5 Å². The highest BCUT2D eigenvalue weighted by Gasteiger charge is 2.27. The van der Waals surface area contributed by atoms with Crippen molar-refractivity contribution in [3.8, 4) is 17.2 Å². The van der Waals surface area contributed by atoms with Gasteiger partial charge in [-0.1, -0.05) is 12.1 Å². The zero-order chi connectivity index (χ0) is 22.3. The number of amides is 2. The zero-order valence-corrected chi connectivity index (χ0v) is 17.3. The van der Waals surface area contributed by atoms with Crippen LogP contribution in [0.2, 0.25) is 0 Å². The number of hydrogen-bond donors (Lipinski definition) is 3. The fourth-order valence-electron chi connectivity index (χ4n) is 3.04. The van der Waals surface area contributed by atoms with E-state index in [2.05, 4.69) is 21.2 Å². The third kappa shape index (κ3) is 4.89. The molecule has 0 unspecified atom stereocenters. The van der Waals surface area contributed by atoms with Gasteiger partial charge < -0.3 is 19.5 Å². The van der Waals surface area contributed by atoms with E-state index in [1.807, 2.05) is 37.3 Å². The molecule has 2 amide bonds. The quantitative estimate of drug-likeness (QED) is 0.512. The fraction of sp³-hybridized carbons (Fsp3) is 0.174. The van der Waals surface area contributed by atoms with Crippen molar-refractivity contribution < 1.29 is 23.8 Å². The van der Waals surface area contributed by atoms with Crippen molar-refractivity contribution in [2.45, 2.75) is 13.0 Å². The van der Waals surface area contributed by atoms with E-state index in [0.717, 1.165) is 11.4 Å². The normalized spacial score (nSPS) is 14.2. The van der Waals surface area contributed by atoms with Crippen molar-refractivity contribution in [3.63, 3.8) is 0 Å². The van der Waals surface area contributed by atoms with Gasteiger partial charge in [0.1, 0.15) is 18.2 Å². The smallest absolute Gasteiger partial charge is 0.283 e. The van der Waals surface area contributed by atoms with E-state index in [1.165, 1.54) is 0 Å². The van der Waals surface area contributed by atoms with Crippen LogP contribution >= 0.6 is 0 Å². The van der Waals surface area contributed by atoms with Crippen molar-refractivity contribution in [2.75, 3.05) is 18.5 Å². The molecule has 1 aliphatic heterocycles. The molecule has 0 radical (unpaired) electrons. The molecule has 0 spiro atoms. The molecule has 3 aromatic rings. The van der Waals surface area contributed by atoms with Crippen molar-refractivity contribution in [2.24, 2.45) is 0 Å². The van der Waals surface area contributed by atoms with E-state index in [-0.39, 0.29) is 12.2 Å². The van der Waals surface area contributed by atoms with Crippen molar-refractivity contribution in [1.82, 2.24) is 15.8 Å². The first kappa shape index (κ1) is 21.0. The number of carbonyl (C=O) groups is 2. The number of anilines is 2. The second kappa shape index (κ2) is 9.69. The lowest BCUT2D eigenvalue weighted by atomic mass is 10.2. The average Bonchev–Trinajstić information content (AvgIpc) is 2.83. The molecule has 4 rings (SSSR count). The molecule has 3 N–H and O–H groups in total. The lowest BCUT2D eigenvalue weighted by molar-refractivity contribution is -0.131.